The highest BCUT2D eigenvalue weighted by Crippen LogP contribution is 2.45. The summed E-state index contributed by atoms with van der Waals surface area (Å²) in [5.41, 5.74) is 15.0. The zero-order valence-electron chi connectivity index (χ0n) is 7.30. The molecule has 1 fully saturated rings. The van der Waals surface area contributed by atoms with E-state index in [1.54, 1.807) is 0 Å². The molecule has 0 atom stereocenters. The Morgan fingerprint density at radius 1 is 1.33 bits per heavy atom. The largest absolute Gasteiger partial charge is 0.398 e. The first kappa shape index (κ1) is 7.62. The van der Waals surface area contributed by atoms with Gasteiger partial charge in [0.25, 0.3) is 0 Å². The van der Waals surface area contributed by atoms with Crippen LogP contribution in [0.3, 0.4) is 0 Å². The summed E-state index contributed by atoms with van der Waals surface area (Å²) in [6.07, 6.45) is 2.14. The maximum Gasteiger partial charge on any atom is 0.0431 e. The Bertz CT molecular complexity index is 314. The summed E-state index contributed by atoms with van der Waals surface area (Å²) >= 11 is 0. The molecule has 1 aromatic rings. The van der Waals surface area contributed by atoms with Crippen LogP contribution in [0.25, 0.3) is 0 Å². The van der Waals surface area contributed by atoms with Crippen LogP contribution in [0.5, 0.6) is 0 Å². The minimum Gasteiger partial charge on any atom is -0.398 e. The van der Waals surface area contributed by atoms with Gasteiger partial charge in [-0.15, -0.1) is 0 Å². The number of hydrogen-bond donors (Lipinski definition) is 2. The average molecular weight is 162 g/mol. The molecule has 0 saturated heterocycles. The molecule has 0 radical (unpaired) electrons. The molecule has 2 nitrogen and oxygen atoms in total. The van der Waals surface area contributed by atoms with E-state index in [0.717, 1.165) is 24.1 Å². The number of anilines is 1. The minimum absolute atomic E-state index is 0.101. The fourth-order valence-electron chi connectivity index (χ4n) is 1.51. The van der Waals surface area contributed by atoms with Crippen LogP contribution in [0.4, 0.5) is 5.69 Å². The van der Waals surface area contributed by atoms with E-state index in [4.69, 9.17) is 11.5 Å². The topological polar surface area (TPSA) is 52.0 Å². The summed E-state index contributed by atoms with van der Waals surface area (Å²) in [4.78, 5) is 0. The smallest absolute Gasteiger partial charge is 0.0431 e. The fraction of sp³-hybridized carbons (Fsp3) is 0.400. The first-order valence-electron chi connectivity index (χ1n) is 4.27. The standard InChI is InChI=1S/C10H14N2/c1-7-2-3-9(11)8(6-7)10(12)4-5-10/h2-3,6H,4-5,11-12H2,1H3. The van der Waals surface area contributed by atoms with Crippen molar-refractivity contribution in [2.24, 2.45) is 5.73 Å². The summed E-state index contributed by atoms with van der Waals surface area (Å²) in [5.74, 6) is 0. The van der Waals surface area contributed by atoms with Crippen LogP contribution in [-0.4, -0.2) is 0 Å². The SMILES string of the molecule is Cc1ccc(N)c(C2(N)CC2)c1. The zero-order chi connectivity index (χ0) is 8.77. The zero-order valence-corrected chi connectivity index (χ0v) is 7.30. The van der Waals surface area contributed by atoms with Crippen LogP contribution in [-0.2, 0) is 5.54 Å². The lowest BCUT2D eigenvalue weighted by Crippen LogP contribution is -2.20. The summed E-state index contributed by atoms with van der Waals surface area (Å²) < 4.78 is 0. The molecule has 64 valence electrons. The third kappa shape index (κ3) is 1.08. The Morgan fingerprint density at radius 2 is 2.00 bits per heavy atom. The third-order valence-corrected chi connectivity index (χ3v) is 2.53. The van der Waals surface area contributed by atoms with Gasteiger partial charge in [-0.3, -0.25) is 0 Å². The Morgan fingerprint density at radius 3 is 2.58 bits per heavy atom. The molecule has 1 aliphatic carbocycles. The lowest BCUT2D eigenvalue weighted by atomic mass is 10.0. The van der Waals surface area contributed by atoms with Crippen LogP contribution < -0.4 is 11.5 Å². The number of rotatable bonds is 1. The van der Waals surface area contributed by atoms with Crippen molar-refractivity contribution in [3.8, 4) is 0 Å². The van der Waals surface area contributed by atoms with Gasteiger partial charge in [0.2, 0.25) is 0 Å². The highest BCUT2D eigenvalue weighted by molar-refractivity contribution is 5.53. The Labute approximate surface area is 72.6 Å². The lowest BCUT2D eigenvalue weighted by molar-refractivity contribution is 0.742. The Kier molecular flexibility index (Phi) is 1.42. The molecule has 0 spiro atoms. The second kappa shape index (κ2) is 2.23. The average Bonchev–Trinajstić information content (AvgIpc) is 2.75. The predicted molar refractivity (Wildman–Crippen MR) is 50.7 cm³/mol. The van der Waals surface area contributed by atoms with Crippen LogP contribution in [0.15, 0.2) is 18.2 Å². The van der Waals surface area contributed by atoms with Crippen LogP contribution >= 0.6 is 0 Å². The minimum atomic E-state index is -0.101. The number of aryl methyl sites for hydroxylation is 1. The van der Waals surface area contributed by atoms with E-state index in [1.807, 2.05) is 12.1 Å². The summed E-state index contributed by atoms with van der Waals surface area (Å²) in [7, 11) is 0. The van der Waals surface area contributed by atoms with Gasteiger partial charge in [0.15, 0.2) is 0 Å². The molecule has 12 heavy (non-hydrogen) atoms. The molecule has 0 aliphatic heterocycles. The van der Waals surface area contributed by atoms with Gasteiger partial charge in [0.1, 0.15) is 0 Å². The molecule has 0 amide bonds. The third-order valence-electron chi connectivity index (χ3n) is 2.53. The normalized spacial score (nSPS) is 19.2. The first-order chi connectivity index (χ1) is 5.62. The quantitative estimate of drug-likeness (QED) is 0.615. The van der Waals surface area contributed by atoms with E-state index in [-0.39, 0.29) is 5.54 Å². The predicted octanol–water partition coefficient (Wildman–Crippen LogP) is 1.53. The van der Waals surface area contributed by atoms with E-state index in [2.05, 4.69) is 13.0 Å². The van der Waals surface area contributed by atoms with Gasteiger partial charge in [-0.05, 0) is 31.4 Å². The van der Waals surface area contributed by atoms with E-state index >= 15 is 0 Å². The molecule has 1 saturated carbocycles. The molecule has 0 bridgehead atoms. The number of nitrogen functional groups attached to an aromatic ring is 1. The molecule has 0 unspecified atom stereocenters. The van der Waals surface area contributed by atoms with Crippen molar-refractivity contribution in [3.63, 3.8) is 0 Å². The summed E-state index contributed by atoms with van der Waals surface area (Å²) in [6.45, 7) is 2.06. The highest BCUT2D eigenvalue weighted by atomic mass is 14.8. The molecule has 1 aromatic carbocycles. The maximum absolute atomic E-state index is 6.06. The van der Waals surface area contributed by atoms with Gasteiger partial charge in [0, 0.05) is 11.2 Å². The van der Waals surface area contributed by atoms with Crippen molar-refractivity contribution in [2.75, 3.05) is 5.73 Å². The van der Waals surface area contributed by atoms with Crippen LogP contribution in [0.2, 0.25) is 0 Å². The summed E-state index contributed by atoms with van der Waals surface area (Å²) in [5, 5.41) is 0. The second-order valence-corrected chi connectivity index (χ2v) is 3.75. The first-order valence-corrected chi connectivity index (χ1v) is 4.27. The molecular weight excluding hydrogens is 148 g/mol. The number of nitrogens with two attached hydrogens (primary N) is 2. The monoisotopic (exact) mass is 162 g/mol. The van der Waals surface area contributed by atoms with Gasteiger partial charge in [-0.25, -0.2) is 0 Å². The van der Waals surface area contributed by atoms with Crippen molar-refractivity contribution in [1.82, 2.24) is 0 Å². The molecule has 4 N–H and O–H groups in total. The number of benzene rings is 1. The van der Waals surface area contributed by atoms with Gasteiger partial charge in [-0.1, -0.05) is 17.7 Å². The van der Waals surface area contributed by atoms with Crippen molar-refractivity contribution < 1.29 is 0 Å². The van der Waals surface area contributed by atoms with Crippen LogP contribution in [0, 0.1) is 6.92 Å². The Hall–Kier alpha value is -1.02. The van der Waals surface area contributed by atoms with Gasteiger partial charge in [-0.2, -0.15) is 0 Å². The van der Waals surface area contributed by atoms with Crippen LogP contribution in [0.1, 0.15) is 24.0 Å². The molecule has 2 heteroatoms. The van der Waals surface area contributed by atoms with Crippen molar-refractivity contribution in [2.45, 2.75) is 25.3 Å². The van der Waals surface area contributed by atoms with E-state index < -0.39 is 0 Å². The van der Waals surface area contributed by atoms with Gasteiger partial charge >= 0.3 is 0 Å². The van der Waals surface area contributed by atoms with E-state index in [0.29, 0.717) is 0 Å². The number of hydrogen-bond acceptors (Lipinski definition) is 2. The van der Waals surface area contributed by atoms with Gasteiger partial charge < -0.3 is 11.5 Å². The summed E-state index contributed by atoms with van der Waals surface area (Å²) in [6, 6.07) is 6.06. The van der Waals surface area contributed by atoms with Crippen molar-refractivity contribution >= 4 is 5.69 Å². The van der Waals surface area contributed by atoms with Gasteiger partial charge in [0.05, 0.1) is 0 Å². The Balaban J connectivity index is 2.48. The van der Waals surface area contributed by atoms with Crippen molar-refractivity contribution in [3.05, 3.63) is 29.3 Å². The van der Waals surface area contributed by atoms with Crippen molar-refractivity contribution in [1.29, 1.82) is 0 Å². The van der Waals surface area contributed by atoms with E-state index in [9.17, 15) is 0 Å². The lowest BCUT2D eigenvalue weighted by Gasteiger charge is -2.12. The molecule has 0 heterocycles. The van der Waals surface area contributed by atoms with E-state index in [1.165, 1.54) is 5.56 Å². The fourth-order valence-corrected chi connectivity index (χ4v) is 1.51. The highest BCUT2D eigenvalue weighted by Gasteiger charge is 2.41. The molecule has 1 aliphatic rings. The second-order valence-electron chi connectivity index (χ2n) is 3.75. The molecule has 2 rings (SSSR count). The maximum atomic E-state index is 6.06. The molecular formula is C10H14N2. The molecule has 0 aromatic heterocycles.